The van der Waals surface area contributed by atoms with E-state index in [9.17, 15) is 29.4 Å². The van der Waals surface area contributed by atoms with Crippen LogP contribution in [0, 0.1) is 0 Å². The lowest BCUT2D eigenvalue weighted by Gasteiger charge is -2.13. The zero-order chi connectivity index (χ0) is 21.0. The molecule has 0 amide bonds. The van der Waals surface area contributed by atoms with Crippen molar-refractivity contribution in [3.63, 3.8) is 0 Å². The highest BCUT2D eigenvalue weighted by atomic mass is 16.6. The zero-order valence-electron chi connectivity index (χ0n) is 15.3. The van der Waals surface area contributed by atoms with Gasteiger partial charge in [0.2, 0.25) is 0 Å². The van der Waals surface area contributed by atoms with Crippen LogP contribution in [0.25, 0.3) is 0 Å². The zero-order valence-corrected chi connectivity index (χ0v) is 15.3. The topological polar surface area (TPSA) is 146 Å². The summed E-state index contributed by atoms with van der Waals surface area (Å²) in [4.78, 5) is 45.1. The lowest BCUT2D eigenvalue weighted by atomic mass is 10.3. The molecular formula is C17H24O10. The lowest BCUT2D eigenvalue weighted by molar-refractivity contribution is -0.159. The molecule has 0 aliphatic rings. The number of ether oxygens (including phenoxy) is 4. The van der Waals surface area contributed by atoms with E-state index in [4.69, 9.17) is 0 Å². The molecule has 0 saturated carbocycles. The van der Waals surface area contributed by atoms with E-state index in [0.29, 0.717) is 0 Å². The van der Waals surface area contributed by atoms with Gasteiger partial charge < -0.3 is 29.2 Å². The molecule has 2 unspecified atom stereocenters. The smallest absolute Gasteiger partial charge is 0.333 e. The van der Waals surface area contributed by atoms with Crippen LogP contribution in [-0.4, -0.2) is 72.7 Å². The third-order valence-corrected chi connectivity index (χ3v) is 2.67. The van der Waals surface area contributed by atoms with Crippen LogP contribution in [0.2, 0.25) is 0 Å². The molecule has 2 N–H and O–H groups in total. The molecule has 0 aromatic rings. The van der Waals surface area contributed by atoms with Crippen LogP contribution in [-0.2, 0) is 38.1 Å². The molecule has 0 spiro atoms. The average molecular weight is 388 g/mol. The molecule has 0 aromatic heterocycles. The van der Waals surface area contributed by atoms with Gasteiger partial charge in [-0.25, -0.2) is 9.59 Å². The summed E-state index contributed by atoms with van der Waals surface area (Å²) in [5, 5.41) is 19.0. The Bertz CT molecular complexity index is 530. The number of hydrogen-bond acceptors (Lipinski definition) is 10. The number of hydrogen-bond donors (Lipinski definition) is 2. The summed E-state index contributed by atoms with van der Waals surface area (Å²) in [6.07, 6.45) is -3.28. The molecule has 0 rings (SSSR count). The van der Waals surface area contributed by atoms with Crippen LogP contribution >= 0.6 is 0 Å². The Morgan fingerprint density at radius 2 is 1.00 bits per heavy atom. The third-order valence-electron chi connectivity index (χ3n) is 2.67. The van der Waals surface area contributed by atoms with Crippen LogP contribution in [0.3, 0.4) is 0 Å². The fourth-order valence-corrected chi connectivity index (χ4v) is 1.28. The Labute approximate surface area is 156 Å². The normalized spacial score (nSPS) is 12.3. The third kappa shape index (κ3) is 12.3. The summed E-state index contributed by atoms with van der Waals surface area (Å²) in [5.74, 6) is -3.35. The molecule has 0 aliphatic carbocycles. The van der Waals surface area contributed by atoms with Gasteiger partial charge >= 0.3 is 23.9 Å². The van der Waals surface area contributed by atoms with Gasteiger partial charge in [-0.1, -0.05) is 13.2 Å². The van der Waals surface area contributed by atoms with Crippen molar-refractivity contribution < 1.29 is 48.3 Å². The predicted octanol–water partition coefficient (Wildman–Crippen LogP) is -0.577. The van der Waals surface area contributed by atoms with Gasteiger partial charge in [0, 0.05) is 11.1 Å². The number of rotatable bonds is 12. The first-order valence-corrected chi connectivity index (χ1v) is 7.85. The lowest BCUT2D eigenvalue weighted by Crippen LogP contribution is -2.28. The maximum absolute atomic E-state index is 11.4. The summed E-state index contributed by atoms with van der Waals surface area (Å²) in [6, 6.07) is 0. The molecule has 0 heterocycles. The van der Waals surface area contributed by atoms with E-state index in [1.165, 1.54) is 13.8 Å². The van der Waals surface area contributed by atoms with E-state index in [-0.39, 0.29) is 11.1 Å². The van der Waals surface area contributed by atoms with Crippen LogP contribution in [0.1, 0.15) is 20.3 Å². The number of esters is 4. The molecule has 10 nitrogen and oxygen atoms in total. The van der Waals surface area contributed by atoms with Crippen molar-refractivity contribution in [2.75, 3.05) is 26.4 Å². The van der Waals surface area contributed by atoms with E-state index in [1.54, 1.807) is 0 Å². The van der Waals surface area contributed by atoms with Gasteiger partial charge in [0.1, 0.15) is 45.1 Å². The van der Waals surface area contributed by atoms with Crippen molar-refractivity contribution in [3.8, 4) is 0 Å². The number of aliphatic hydroxyl groups excluding tert-OH is 2. The Balaban J connectivity index is 3.96. The Morgan fingerprint density at radius 1 is 0.704 bits per heavy atom. The summed E-state index contributed by atoms with van der Waals surface area (Å²) in [5.41, 5.74) is 0.303. The standard InChI is InChI=1S/C17H24O10/c1-10(2)16(22)26-8-12(18)6-24-14(20)5-15(21)25-7-13(19)9-27-17(23)11(3)4/h12-13,18-19H,1,3,5-9H2,2,4H3. The van der Waals surface area contributed by atoms with Gasteiger partial charge in [-0.3, -0.25) is 9.59 Å². The van der Waals surface area contributed by atoms with Gasteiger partial charge in [-0.15, -0.1) is 0 Å². The van der Waals surface area contributed by atoms with Crippen LogP contribution in [0.5, 0.6) is 0 Å². The number of carbonyl (C=O) groups is 4. The molecule has 27 heavy (non-hydrogen) atoms. The maximum atomic E-state index is 11.4. The molecule has 0 fully saturated rings. The van der Waals surface area contributed by atoms with Crippen molar-refractivity contribution in [1.82, 2.24) is 0 Å². The van der Waals surface area contributed by atoms with Gasteiger partial charge in [-0.2, -0.15) is 0 Å². The first-order chi connectivity index (χ1) is 12.5. The van der Waals surface area contributed by atoms with E-state index < -0.39 is 68.9 Å². The van der Waals surface area contributed by atoms with Crippen LogP contribution in [0.15, 0.2) is 24.3 Å². The molecule has 0 bridgehead atoms. The predicted molar refractivity (Wildman–Crippen MR) is 90.1 cm³/mol. The van der Waals surface area contributed by atoms with Gasteiger partial charge in [0.05, 0.1) is 0 Å². The molecule has 0 aliphatic heterocycles. The quantitative estimate of drug-likeness (QED) is 0.193. The molecule has 0 radical (unpaired) electrons. The van der Waals surface area contributed by atoms with Crippen molar-refractivity contribution >= 4 is 23.9 Å². The average Bonchev–Trinajstić information content (AvgIpc) is 2.60. The summed E-state index contributed by atoms with van der Waals surface area (Å²) < 4.78 is 18.6. The minimum absolute atomic E-state index is 0.151. The summed E-state index contributed by atoms with van der Waals surface area (Å²) in [6.45, 7) is 7.79. The van der Waals surface area contributed by atoms with E-state index in [0.717, 1.165) is 0 Å². The minimum atomic E-state index is -1.27. The first-order valence-electron chi connectivity index (χ1n) is 7.85. The van der Waals surface area contributed by atoms with Crippen molar-refractivity contribution in [2.24, 2.45) is 0 Å². The molecule has 0 aromatic carbocycles. The first kappa shape index (κ1) is 24.3. The van der Waals surface area contributed by atoms with Crippen molar-refractivity contribution in [1.29, 1.82) is 0 Å². The van der Waals surface area contributed by atoms with Gasteiger partial charge in [-0.05, 0) is 13.8 Å². The van der Waals surface area contributed by atoms with Crippen LogP contribution < -0.4 is 0 Å². The summed E-state index contributed by atoms with van der Waals surface area (Å²) in [7, 11) is 0. The number of carbonyl (C=O) groups excluding carboxylic acids is 4. The molecule has 0 saturated heterocycles. The fraction of sp³-hybridized carbons (Fsp3) is 0.529. The maximum Gasteiger partial charge on any atom is 0.333 e. The van der Waals surface area contributed by atoms with E-state index in [1.807, 2.05) is 0 Å². The van der Waals surface area contributed by atoms with Crippen LogP contribution in [0.4, 0.5) is 0 Å². The van der Waals surface area contributed by atoms with Gasteiger partial charge in [0.25, 0.3) is 0 Å². The van der Waals surface area contributed by atoms with Gasteiger partial charge in [0.15, 0.2) is 0 Å². The number of aliphatic hydroxyl groups is 2. The van der Waals surface area contributed by atoms with Crippen molar-refractivity contribution in [3.05, 3.63) is 24.3 Å². The highest BCUT2D eigenvalue weighted by Gasteiger charge is 2.17. The van der Waals surface area contributed by atoms with Crippen molar-refractivity contribution in [2.45, 2.75) is 32.5 Å². The molecule has 2 atom stereocenters. The van der Waals surface area contributed by atoms with E-state index >= 15 is 0 Å². The second-order valence-electron chi connectivity index (χ2n) is 5.61. The fourth-order valence-electron chi connectivity index (χ4n) is 1.28. The monoisotopic (exact) mass is 388 g/mol. The van der Waals surface area contributed by atoms with E-state index in [2.05, 4.69) is 32.1 Å². The Kier molecular flexibility index (Phi) is 11.3. The highest BCUT2D eigenvalue weighted by Crippen LogP contribution is 1.99. The molecular weight excluding hydrogens is 364 g/mol. The molecule has 10 heteroatoms. The second kappa shape index (κ2) is 12.6. The minimum Gasteiger partial charge on any atom is -0.462 e. The SMILES string of the molecule is C=C(C)C(=O)OCC(O)COC(=O)CC(=O)OCC(O)COC(=O)C(=C)C. The summed E-state index contributed by atoms with van der Waals surface area (Å²) >= 11 is 0. The second-order valence-corrected chi connectivity index (χ2v) is 5.61. The Morgan fingerprint density at radius 3 is 1.30 bits per heavy atom. The highest BCUT2D eigenvalue weighted by molar-refractivity contribution is 5.91. The largest absolute Gasteiger partial charge is 0.462 e. The Hall–Kier alpha value is -2.72. The molecule has 152 valence electrons.